The Bertz CT molecular complexity index is 1210. The molecule has 1 atom stereocenters. The van der Waals surface area contributed by atoms with E-state index in [1.807, 2.05) is 30.6 Å². The number of rotatable bonds is 6. The van der Waals surface area contributed by atoms with Crippen molar-refractivity contribution < 1.29 is 14.2 Å². The number of anilines is 1. The van der Waals surface area contributed by atoms with Crippen LogP contribution in [-0.4, -0.2) is 40.6 Å². The van der Waals surface area contributed by atoms with E-state index >= 15 is 0 Å². The summed E-state index contributed by atoms with van der Waals surface area (Å²) in [4.78, 5) is 10.5. The highest BCUT2D eigenvalue weighted by Gasteiger charge is 2.49. The Balaban J connectivity index is 0.00000231. The van der Waals surface area contributed by atoms with Gasteiger partial charge >= 0.3 is 5.88 Å². The van der Waals surface area contributed by atoms with Gasteiger partial charge in [0.1, 0.15) is 0 Å². The van der Waals surface area contributed by atoms with Gasteiger partial charge in [0.2, 0.25) is 0 Å². The zero-order valence-electron chi connectivity index (χ0n) is 17.5. The summed E-state index contributed by atoms with van der Waals surface area (Å²) in [7, 11) is 3.38. The molecule has 0 amide bonds. The number of hydrogen-bond acceptors (Lipinski definition) is 6. The molecule has 0 aromatic carbocycles. The fourth-order valence-corrected chi connectivity index (χ4v) is 4.38. The Hall–Kier alpha value is -3.00. The van der Waals surface area contributed by atoms with Crippen molar-refractivity contribution in [2.24, 2.45) is 0 Å². The normalized spacial score (nSPS) is 20.7. The van der Waals surface area contributed by atoms with E-state index in [-0.39, 0.29) is 17.1 Å². The minimum atomic E-state index is 0. The van der Waals surface area contributed by atoms with Gasteiger partial charge in [0.05, 0.1) is 30.9 Å². The molecule has 8 heteroatoms. The molecular formula is C23H25ClN5O2+. The number of hydroxylamine groups is 3. The monoisotopic (exact) mass is 438 g/mol. The summed E-state index contributed by atoms with van der Waals surface area (Å²) in [5.41, 5.74) is 4.48. The molecule has 2 aromatic heterocycles. The summed E-state index contributed by atoms with van der Waals surface area (Å²) in [6, 6.07) is 5.95. The SMILES string of the molecule is COC1=CC2=C(C=CCC2)C2=c3c(NCCc4ccccn4)nncc3=C[N+]12OC.Cl. The Labute approximate surface area is 187 Å². The maximum atomic E-state index is 6.06. The molecule has 0 saturated carbocycles. The molecule has 0 fully saturated rings. The van der Waals surface area contributed by atoms with Crippen LogP contribution >= 0.6 is 12.4 Å². The Morgan fingerprint density at radius 1 is 1.23 bits per heavy atom. The van der Waals surface area contributed by atoms with Gasteiger partial charge in [-0.25, -0.2) is 0 Å². The van der Waals surface area contributed by atoms with Crippen LogP contribution in [0.1, 0.15) is 18.5 Å². The number of fused-ring (bicyclic) bond motifs is 3. The number of aromatic nitrogens is 3. The lowest BCUT2D eigenvalue weighted by Crippen LogP contribution is -2.42. The third kappa shape index (κ3) is 3.44. The molecule has 0 radical (unpaired) electrons. The van der Waals surface area contributed by atoms with Crippen LogP contribution in [0, 0.1) is 0 Å². The van der Waals surface area contributed by atoms with Gasteiger partial charge in [0, 0.05) is 36.5 Å². The highest BCUT2D eigenvalue weighted by atomic mass is 35.5. The molecule has 31 heavy (non-hydrogen) atoms. The van der Waals surface area contributed by atoms with Gasteiger partial charge in [0.25, 0.3) is 0 Å². The third-order valence-electron chi connectivity index (χ3n) is 5.76. The van der Waals surface area contributed by atoms with Crippen LogP contribution in [0.5, 0.6) is 0 Å². The zero-order chi connectivity index (χ0) is 20.6. The van der Waals surface area contributed by atoms with Crippen LogP contribution in [0.3, 0.4) is 0 Å². The molecule has 3 aliphatic rings. The Morgan fingerprint density at radius 3 is 2.90 bits per heavy atom. The lowest BCUT2D eigenvalue weighted by atomic mass is 9.91. The first-order valence-electron chi connectivity index (χ1n) is 10.1. The van der Waals surface area contributed by atoms with E-state index in [9.17, 15) is 0 Å². The number of nitrogens with zero attached hydrogens (tertiary/aromatic N) is 4. The maximum Gasteiger partial charge on any atom is 0.335 e. The standard InChI is InChI=1S/C23H24N5O2.ClH/c1-29-20-13-16-7-3-4-9-19(16)22-21-17(15-28(20,22)30-2)14-26-27-23(21)25-12-10-18-8-5-6-11-24-18;/h4-6,8-9,11,13-15H,3,7,10,12H2,1-2H3,(H,25,27);1H/q+1;. The van der Waals surface area contributed by atoms with Crippen molar-refractivity contribution >= 4 is 30.1 Å². The first-order valence-corrected chi connectivity index (χ1v) is 10.1. The first kappa shape index (κ1) is 21.2. The second kappa shape index (κ2) is 8.63. The van der Waals surface area contributed by atoms with Gasteiger partial charge in [-0.3, -0.25) is 4.98 Å². The van der Waals surface area contributed by atoms with Gasteiger partial charge in [-0.15, -0.1) is 17.5 Å². The summed E-state index contributed by atoms with van der Waals surface area (Å²) < 4.78 is 5.85. The number of hydrogen-bond donors (Lipinski definition) is 1. The third-order valence-corrected chi connectivity index (χ3v) is 5.76. The van der Waals surface area contributed by atoms with Gasteiger partial charge in [0.15, 0.2) is 17.7 Å². The fraction of sp³-hybridized carbons (Fsp3) is 0.261. The molecule has 4 heterocycles. The molecular weight excluding hydrogens is 414 g/mol. The molecule has 0 bridgehead atoms. The molecule has 5 rings (SSSR count). The molecule has 1 aliphatic carbocycles. The topological polar surface area (TPSA) is 69.2 Å². The number of pyridine rings is 1. The van der Waals surface area contributed by atoms with Crippen molar-refractivity contribution in [3.8, 4) is 0 Å². The summed E-state index contributed by atoms with van der Waals surface area (Å²) >= 11 is 0. The van der Waals surface area contributed by atoms with Crippen LogP contribution < -0.4 is 15.8 Å². The Morgan fingerprint density at radius 2 is 2.13 bits per heavy atom. The van der Waals surface area contributed by atoms with Gasteiger partial charge < -0.3 is 10.1 Å². The van der Waals surface area contributed by atoms with Crippen molar-refractivity contribution in [1.82, 2.24) is 15.2 Å². The summed E-state index contributed by atoms with van der Waals surface area (Å²) in [6.45, 7) is 0.705. The van der Waals surface area contributed by atoms with Crippen LogP contribution in [0.4, 0.5) is 5.82 Å². The molecule has 7 nitrogen and oxygen atoms in total. The highest BCUT2D eigenvalue weighted by molar-refractivity contribution is 5.85. The fourth-order valence-electron chi connectivity index (χ4n) is 4.38. The Kier molecular flexibility index (Phi) is 5.91. The minimum Gasteiger partial charge on any atom is -0.452 e. The summed E-state index contributed by atoms with van der Waals surface area (Å²) in [5.74, 6) is 1.48. The molecule has 2 aromatic rings. The second-order valence-electron chi connectivity index (χ2n) is 7.41. The van der Waals surface area contributed by atoms with Crippen molar-refractivity contribution in [2.75, 3.05) is 26.1 Å². The molecule has 2 aliphatic heterocycles. The predicted molar refractivity (Wildman–Crippen MR) is 121 cm³/mol. The number of nitrogens with one attached hydrogen (secondary N) is 1. The lowest BCUT2D eigenvalue weighted by molar-refractivity contribution is -0.962. The van der Waals surface area contributed by atoms with E-state index in [1.165, 1.54) is 11.1 Å². The summed E-state index contributed by atoms with van der Waals surface area (Å²) in [5, 5.41) is 14.1. The average molecular weight is 439 g/mol. The molecule has 1 unspecified atom stereocenters. The van der Waals surface area contributed by atoms with Crippen LogP contribution in [-0.2, 0) is 16.0 Å². The number of allylic oxidation sites excluding steroid dienone is 3. The summed E-state index contributed by atoms with van der Waals surface area (Å²) in [6.07, 6.45) is 14.9. The van der Waals surface area contributed by atoms with E-state index < -0.39 is 0 Å². The van der Waals surface area contributed by atoms with Crippen LogP contribution in [0.15, 0.2) is 65.9 Å². The van der Waals surface area contributed by atoms with Crippen molar-refractivity contribution in [3.63, 3.8) is 0 Å². The van der Waals surface area contributed by atoms with Crippen LogP contribution in [0.2, 0.25) is 0 Å². The number of halogens is 1. The minimum absolute atomic E-state index is 0. The molecule has 160 valence electrons. The van der Waals surface area contributed by atoms with Crippen molar-refractivity contribution in [2.45, 2.75) is 19.3 Å². The first-order chi connectivity index (χ1) is 14.8. The highest BCUT2D eigenvalue weighted by Crippen LogP contribution is 2.43. The maximum absolute atomic E-state index is 6.06. The van der Waals surface area contributed by atoms with E-state index in [4.69, 9.17) is 9.57 Å². The quantitative estimate of drug-likeness (QED) is 0.698. The van der Waals surface area contributed by atoms with Gasteiger partial charge in [-0.1, -0.05) is 22.9 Å². The van der Waals surface area contributed by atoms with Gasteiger partial charge in [-0.2, -0.15) is 9.94 Å². The van der Waals surface area contributed by atoms with E-state index in [0.717, 1.165) is 52.8 Å². The second-order valence-corrected chi connectivity index (χ2v) is 7.41. The largest absolute Gasteiger partial charge is 0.452 e. The molecule has 0 spiro atoms. The van der Waals surface area contributed by atoms with E-state index in [1.54, 1.807) is 20.4 Å². The van der Waals surface area contributed by atoms with Gasteiger partial charge in [-0.05, 0) is 30.5 Å². The smallest absolute Gasteiger partial charge is 0.335 e. The van der Waals surface area contributed by atoms with Crippen LogP contribution in [0.25, 0.3) is 11.9 Å². The van der Waals surface area contributed by atoms with Crippen molar-refractivity contribution in [1.29, 1.82) is 0 Å². The zero-order valence-corrected chi connectivity index (χ0v) is 18.4. The predicted octanol–water partition coefficient (Wildman–Crippen LogP) is 2.33. The molecule has 1 N–H and O–H groups in total. The van der Waals surface area contributed by atoms with E-state index in [2.05, 4.69) is 38.7 Å². The van der Waals surface area contributed by atoms with E-state index in [0.29, 0.717) is 6.54 Å². The van der Waals surface area contributed by atoms with Crippen molar-refractivity contribution in [3.05, 3.63) is 82.0 Å². The number of quaternary nitrogens is 1. The molecule has 0 saturated heterocycles. The number of methoxy groups -OCH3 is 1. The average Bonchev–Trinajstić information content (AvgIpc) is 3.16. The number of ether oxygens (including phenoxy) is 1. The lowest BCUT2D eigenvalue weighted by Gasteiger charge is -2.34.